The Morgan fingerprint density at radius 1 is 0.862 bits per heavy atom. The molecule has 5 rings (SSSR count). The second kappa shape index (κ2) is 8.03. The van der Waals surface area contributed by atoms with E-state index in [1.165, 1.54) is 41.6 Å². The number of anilines is 3. The predicted octanol–water partition coefficient (Wildman–Crippen LogP) is 5.00. The number of aryl methyl sites for hydroxylation is 2. The molecule has 150 valence electrons. The Balaban J connectivity index is 1.39. The minimum Gasteiger partial charge on any atom is -0.369 e. The molecule has 4 nitrogen and oxygen atoms in total. The molecule has 0 atom stereocenters. The van der Waals surface area contributed by atoms with Gasteiger partial charge >= 0.3 is 0 Å². The number of nitrogens with one attached hydrogen (secondary N) is 1. The van der Waals surface area contributed by atoms with Crippen LogP contribution in [0.1, 0.15) is 30.5 Å². The van der Waals surface area contributed by atoms with Gasteiger partial charge in [0.15, 0.2) is 0 Å². The molecule has 1 aromatic heterocycles. The summed E-state index contributed by atoms with van der Waals surface area (Å²) in [6, 6.07) is 17.7. The van der Waals surface area contributed by atoms with Crippen LogP contribution in [0.2, 0.25) is 0 Å². The van der Waals surface area contributed by atoms with Gasteiger partial charge in [-0.25, -0.2) is 0 Å². The van der Waals surface area contributed by atoms with Gasteiger partial charge in [-0.15, -0.1) is 0 Å². The standard InChI is InChI=1S/C25H30N4/c1-28-14-16-29(17-15-28)21-12-10-20(11-13-21)26-24-8-5-9-25-22(24)18-19-6-3-2-4-7-23(19)27-25/h5,8-13,18,26H,2-4,6-7,14-17H2,1H3. The lowest BCUT2D eigenvalue weighted by atomic mass is 10.0. The number of benzene rings is 2. The van der Waals surface area contributed by atoms with Gasteiger partial charge in [-0.1, -0.05) is 12.5 Å². The van der Waals surface area contributed by atoms with Crippen molar-refractivity contribution in [2.75, 3.05) is 43.4 Å². The number of aromatic nitrogens is 1. The molecule has 3 aromatic rings. The molecule has 4 heteroatoms. The molecule has 2 heterocycles. The topological polar surface area (TPSA) is 31.4 Å². The van der Waals surface area contributed by atoms with Crippen LogP contribution in [0.15, 0.2) is 48.5 Å². The number of nitrogens with zero attached hydrogens (tertiary/aromatic N) is 3. The summed E-state index contributed by atoms with van der Waals surface area (Å²) >= 11 is 0. The van der Waals surface area contributed by atoms with E-state index in [9.17, 15) is 0 Å². The van der Waals surface area contributed by atoms with E-state index in [1.54, 1.807) is 0 Å². The lowest BCUT2D eigenvalue weighted by molar-refractivity contribution is 0.313. The minimum atomic E-state index is 1.10. The summed E-state index contributed by atoms with van der Waals surface area (Å²) in [4.78, 5) is 9.87. The molecule has 29 heavy (non-hydrogen) atoms. The molecule has 0 spiro atoms. The highest BCUT2D eigenvalue weighted by molar-refractivity contribution is 5.93. The summed E-state index contributed by atoms with van der Waals surface area (Å²) in [5, 5.41) is 4.87. The first kappa shape index (κ1) is 18.4. The molecule has 0 unspecified atom stereocenters. The van der Waals surface area contributed by atoms with Gasteiger partial charge in [0, 0.05) is 54.3 Å². The maximum absolute atomic E-state index is 5.01. The molecule has 2 aliphatic rings. The van der Waals surface area contributed by atoms with Crippen LogP contribution < -0.4 is 10.2 Å². The summed E-state index contributed by atoms with van der Waals surface area (Å²) in [5.74, 6) is 0. The van der Waals surface area contributed by atoms with E-state index in [-0.39, 0.29) is 0 Å². The molecule has 0 saturated carbocycles. The molecule has 0 amide bonds. The second-order valence-corrected chi connectivity index (χ2v) is 8.49. The van der Waals surface area contributed by atoms with Crippen molar-refractivity contribution in [1.29, 1.82) is 0 Å². The van der Waals surface area contributed by atoms with E-state index < -0.39 is 0 Å². The van der Waals surface area contributed by atoms with Crippen LogP contribution in [0.25, 0.3) is 10.9 Å². The van der Waals surface area contributed by atoms with E-state index in [0.717, 1.165) is 55.9 Å². The Morgan fingerprint density at radius 3 is 2.48 bits per heavy atom. The van der Waals surface area contributed by atoms with Crippen LogP contribution in [0.3, 0.4) is 0 Å². The number of hydrogen-bond donors (Lipinski definition) is 1. The highest BCUT2D eigenvalue weighted by Crippen LogP contribution is 2.30. The number of likely N-dealkylation sites (N-methyl/N-ethyl adjacent to an activating group) is 1. The lowest BCUT2D eigenvalue weighted by Gasteiger charge is -2.34. The zero-order valence-electron chi connectivity index (χ0n) is 17.3. The normalized spacial score (nSPS) is 17.8. The molecule has 0 bridgehead atoms. The Morgan fingerprint density at radius 2 is 1.66 bits per heavy atom. The van der Waals surface area contributed by atoms with E-state index in [0.29, 0.717) is 0 Å². The minimum absolute atomic E-state index is 1.10. The first-order valence-corrected chi connectivity index (χ1v) is 11.0. The summed E-state index contributed by atoms with van der Waals surface area (Å²) < 4.78 is 0. The number of rotatable bonds is 3. The van der Waals surface area contributed by atoms with Crippen molar-refractivity contribution in [2.24, 2.45) is 0 Å². The first-order chi connectivity index (χ1) is 14.3. The van der Waals surface area contributed by atoms with Gasteiger partial charge in [0.05, 0.1) is 5.52 Å². The molecule has 1 aliphatic carbocycles. The number of piperazine rings is 1. The van der Waals surface area contributed by atoms with Gasteiger partial charge < -0.3 is 15.1 Å². The van der Waals surface area contributed by atoms with Crippen LogP contribution in [0, 0.1) is 0 Å². The fourth-order valence-electron chi connectivity index (χ4n) is 4.58. The van der Waals surface area contributed by atoms with Crippen molar-refractivity contribution in [3.63, 3.8) is 0 Å². The van der Waals surface area contributed by atoms with Crippen LogP contribution in [0.5, 0.6) is 0 Å². The fourth-order valence-corrected chi connectivity index (χ4v) is 4.58. The van der Waals surface area contributed by atoms with Crippen molar-refractivity contribution < 1.29 is 0 Å². The Kier molecular flexibility index (Phi) is 5.11. The largest absolute Gasteiger partial charge is 0.369 e. The Bertz CT molecular complexity index is 988. The third-order valence-corrected chi connectivity index (χ3v) is 6.40. The first-order valence-electron chi connectivity index (χ1n) is 11.0. The van der Waals surface area contributed by atoms with Gasteiger partial charge in [-0.05, 0) is 80.8 Å². The quantitative estimate of drug-likeness (QED) is 0.642. The zero-order valence-corrected chi connectivity index (χ0v) is 17.3. The van der Waals surface area contributed by atoms with E-state index in [1.807, 2.05) is 0 Å². The van der Waals surface area contributed by atoms with E-state index in [2.05, 4.69) is 70.7 Å². The highest BCUT2D eigenvalue weighted by Gasteiger charge is 2.15. The van der Waals surface area contributed by atoms with Gasteiger partial charge in [-0.2, -0.15) is 0 Å². The molecule has 0 radical (unpaired) electrons. The third kappa shape index (κ3) is 3.95. The average Bonchev–Trinajstić information content (AvgIpc) is 2.99. The summed E-state index contributed by atoms with van der Waals surface area (Å²) in [6.45, 7) is 4.47. The van der Waals surface area contributed by atoms with Crippen molar-refractivity contribution >= 4 is 28.0 Å². The number of fused-ring (bicyclic) bond motifs is 2. The van der Waals surface area contributed by atoms with E-state index in [4.69, 9.17) is 4.98 Å². The molecule has 1 aliphatic heterocycles. The maximum Gasteiger partial charge on any atom is 0.0726 e. The number of hydrogen-bond acceptors (Lipinski definition) is 4. The summed E-state index contributed by atoms with van der Waals surface area (Å²) in [5.41, 5.74) is 7.44. The number of pyridine rings is 1. The second-order valence-electron chi connectivity index (χ2n) is 8.49. The lowest BCUT2D eigenvalue weighted by Crippen LogP contribution is -2.44. The van der Waals surface area contributed by atoms with Crippen molar-refractivity contribution in [1.82, 2.24) is 9.88 Å². The highest BCUT2D eigenvalue weighted by atomic mass is 15.2. The third-order valence-electron chi connectivity index (χ3n) is 6.40. The van der Waals surface area contributed by atoms with E-state index >= 15 is 0 Å². The van der Waals surface area contributed by atoms with Crippen LogP contribution >= 0.6 is 0 Å². The van der Waals surface area contributed by atoms with Crippen LogP contribution in [-0.2, 0) is 12.8 Å². The van der Waals surface area contributed by atoms with Crippen molar-refractivity contribution in [3.8, 4) is 0 Å². The zero-order chi connectivity index (χ0) is 19.6. The molecular weight excluding hydrogens is 356 g/mol. The van der Waals surface area contributed by atoms with Gasteiger partial charge in [0.2, 0.25) is 0 Å². The summed E-state index contributed by atoms with van der Waals surface area (Å²) in [7, 11) is 2.20. The molecule has 1 N–H and O–H groups in total. The van der Waals surface area contributed by atoms with Crippen molar-refractivity contribution in [2.45, 2.75) is 32.1 Å². The van der Waals surface area contributed by atoms with Crippen LogP contribution in [0.4, 0.5) is 17.1 Å². The van der Waals surface area contributed by atoms with Gasteiger partial charge in [0.1, 0.15) is 0 Å². The average molecular weight is 387 g/mol. The fraction of sp³-hybridized carbons (Fsp3) is 0.400. The van der Waals surface area contributed by atoms with Crippen molar-refractivity contribution in [3.05, 3.63) is 59.8 Å². The molecule has 1 fully saturated rings. The predicted molar refractivity (Wildman–Crippen MR) is 122 cm³/mol. The van der Waals surface area contributed by atoms with Gasteiger partial charge in [-0.3, -0.25) is 4.98 Å². The monoisotopic (exact) mass is 386 g/mol. The molecule has 1 saturated heterocycles. The molecular formula is C25H30N4. The van der Waals surface area contributed by atoms with Crippen LogP contribution in [-0.4, -0.2) is 43.1 Å². The Hall–Kier alpha value is -2.59. The smallest absolute Gasteiger partial charge is 0.0726 e. The SMILES string of the molecule is CN1CCN(c2ccc(Nc3cccc4nc5c(cc34)CCCCC5)cc2)CC1. The maximum atomic E-state index is 5.01. The molecule has 2 aromatic carbocycles. The Labute approximate surface area is 173 Å². The summed E-state index contributed by atoms with van der Waals surface area (Å²) in [6.07, 6.45) is 6.15. The van der Waals surface area contributed by atoms with Gasteiger partial charge in [0.25, 0.3) is 0 Å².